The summed E-state index contributed by atoms with van der Waals surface area (Å²) in [6.07, 6.45) is 2.83. The van der Waals surface area contributed by atoms with Crippen molar-refractivity contribution in [3.8, 4) is 5.75 Å². The van der Waals surface area contributed by atoms with Crippen LogP contribution in [0.25, 0.3) is 0 Å². The first kappa shape index (κ1) is 13.0. The van der Waals surface area contributed by atoms with Crippen LogP contribution in [-0.4, -0.2) is 6.10 Å². The van der Waals surface area contributed by atoms with Gasteiger partial charge in [0.05, 0.1) is 6.10 Å². The largest absolute Gasteiger partial charge is 0.490 e. The van der Waals surface area contributed by atoms with Gasteiger partial charge < -0.3 is 10.5 Å². The predicted molar refractivity (Wildman–Crippen MR) is 78.1 cm³/mol. The van der Waals surface area contributed by atoms with E-state index in [4.69, 9.17) is 10.5 Å². The molecule has 2 nitrogen and oxygen atoms in total. The standard InChI is InChI=1S/C17H25NO/c1-16(2)15(17(16,3)4)14(18)11-6-5-7-13(10-11)19-12-8-9-12/h5-7,10,12,14-15H,8-9,18H2,1-4H3. The second kappa shape index (κ2) is 3.99. The molecule has 3 rings (SSSR count). The Morgan fingerprint density at radius 2 is 1.79 bits per heavy atom. The lowest BCUT2D eigenvalue weighted by Crippen LogP contribution is -2.16. The second-order valence-electron chi connectivity index (χ2n) is 7.34. The van der Waals surface area contributed by atoms with Crippen molar-refractivity contribution in [2.75, 3.05) is 0 Å². The van der Waals surface area contributed by atoms with Crippen molar-refractivity contribution in [1.29, 1.82) is 0 Å². The summed E-state index contributed by atoms with van der Waals surface area (Å²) < 4.78 is 5.86. The molecule has 2 fully saturated rings. The monoisotopic (exact) mass is 259 g/mol. The van der Waals surface area contributed by atoms with E-state index in [1.54, 1.807) is 0 Å². The molecule has 19 heavy (non-hydrogen) atoms. The molecule has 0 spiro atoms. The summed E-state index contributed by atoms with van der Waals surface area (Å²) in [5, 5.41) is 0. The minimum Gasteiger partial charge on any atom is -0.490 e. The van der Waals surface area contributed by atoms with E-state index in [2.05, 4.69) is 45.9 Å². The Bertz CT molecular complexity index is 474. The molecule has 2 aliphatic carbocycles. The first-order chi connectivity index (χ1) is 8.84. The van der Waals surface area contributed by atoms with Crippen molar-refractivity contribution in [2.45, 2.75) is 52.7 Å². The number of benzene rings is 1. The summed E-state index contributed by atoms with van der Waals surface area (Å²) in [5.41, 5.74) is 8.36. The Morgan fingerprint density at radius 1 is 1.16 bits per heavy atom. The van der Waals surface area contributed by atoms with E-state index in [1.165, 1.54) is 18.4 Å². The molecule has 0 aromatic heterocycles. The van der Waals surface area contributed by atoms with Gasteiger partial charge in [-0.2, -0.15) is 0 Å². The van der Waals surface area contributed by atoms with Crippen molar-refractivity contribution in [1.82, 2.24) is 0 Å². The van der Waals surface area contributed by atoms with Gasteiger partial charge in [0.25, 0.3) is 0 Å². The number of rotatable bonds is 4. The molecule has 2 aliphatic rings. The lowest BCUT2D eigenvalue weighted by Gasteiger charge is -2.16. The molecule has 104 valence electrons. The van der Waals surface area contributed by atoms with Crippen molar-refractivity contribution in [3.63, 3.8) is 0 Å². The highest BCUT2D eigenvalue weighted by atomic mass is 16.5. The van der Waals surface area contributed by atoms with E-state index < -0.39 is 0 Å². The van der Waals surface area contributed by atoms with Crippen LogP contribution < -0.4 is 10.5 Å². The smallest absolute Gasteiger partial charge is 0.120 e. The molecule has 1 aromatic rings. The predicted octanol–water partition coefficient (Wildman–Crippen LogP) is 3.91. The van der Waals surface area contributed by atoms with Crippen LogP contribution in [0.5, 0.6) is 5.75 Å². The molecule has 1 atom stereocenters. The normalized spacial score (nSPS) is 25.9. The zero-order valence-electron chi connectivity index (χ0n) is 12.4. The molecular formula is C17H25NO. The molecule has 0 saturated heterocycles. The van der Waals surface area contributed by atoms with Crippen molar-refractivity contribution in [3.05, 3.63) is 29.8 Å². The molecule has 2 saturated carbocycles. The second-order valence-corrected chi connectivity index (χ2v) is 7.34. The van der Waals surface area contributed by atoms with Crippen LogP contribution in [0, 0.1) is 16.7 Å². The van der Waals surface area contributed by atoms with E-state index in [-0.39, 0.29) is 6.04 Å². The molecule has 0 amide bonds. The van der Waals surface area contributed by atoms with Gasteiger partial charge in [-0.3, -0.25) is 0 Å². The Kier molecular flexibility index (Phi) is 2.72. The van der Waals surface area contributed by atoms with Crippen LogP contribution in [0.15, 0.2) is 24.3 Å². The maximum absolute atomic E-state index is 6.51. The van der Waals surface area contributed by atoms with Crippen LogP contribution in [-0.2, 0) is 0 Å². The van der Waals surface area contributed by atoms with Crippen LogP contribution >= 0.6 is 0 Å². The van der Waals surface area contributed by atoms with Gasteiger partial charge >= 0.3 is 0 Å². The van der Waals surface area contributed by atoms with Gasteiger partial charge in [-0.05, 0) is 47.3 Å². The third kappa shape index (κ3) is 2.06. The average molecular weight is 259 g/mol. The Labute approximate surface area is 116 Å². The highest BCUT2D eigenvalue weighted by Gasteiger charge is 2.66. The summed E-state index contributed by atoms with van der Waals surface area (Å²) >= 11 is 0. The number of nitrogens with two attached hydrogens (primary N) is 1. The Balaban J connectivity index is 1.78. The lowest BCUT2D eigenvalue weighted by molar-refractivity contribution is 0.302. The zero-order chi connectivity index (χ0) is 13.8. The first-order valence-electron chi connectivity index (χ1n) is 7.36. The SMILES string of the molecule is CC1(C)C(C(N)c2cccc(OC3CC3)c2)C1(C)C. The van der Waals surface area contributed by atoms with Gasteiger partial charge in [-0.1, -0.05) is 39.8 Å². The van der Waals surface area contributed by atoms with Crippen LogP contribution in [0.4, 0.5) is 0 Å². The fraction of sp³-hybridized carbons (Fsp3) is 0.647. The van der Waals surface area contributed by atoms with Gasteiger partial charge in [0.2, 0.25) is 0 Å². The molecule has 2 N–H and O–H groups in total. The minimum atomic E-state index is 0.104. The minimum absolute atomic E-state index is 0.104. The van der Waals surface area contributed by atoms with E-state index in [9.17, 15) is 0 Å². The van der Waals surface area contributed by atoms with Gasteiger partial charge in [0.15, 0.2) is 0 Å². The Hall–Kier alpha value is -1.02. The summed E-state index contributed by atoms with van der Waals surface area (Å²) in [4.78, 5) is 0. The van der Waals surface area contributed by atoms with Crippen LogP contribution in [0.3, 0.4) is 0 Å². The highest BCUT2D eigenvalue weighted by Crippen LogP contribution is 2.71. The maximum Gasteiger partial charge on any atom is 0.120 e. The van der Waals surface area contributed by atoms with Gasteiger partial charge in [-0.15, -0.1) is 0 Å². The van der Waals surface area contributed by atoms with E-state index in [1.807, 2.05) is 6.07 Å². The van der Waals surface area contributed by atoms with Crippen molar-refractivity contribution in [2.24, 2.45) is 22.5 Å². The van der Waals surface area contributed by atoms with Crippen LogP contribution in [0.1, 0.15) is 52.1 Å². The Morgan fingerprint density at radius 3 is 2.32 bits per heavy atom. The third-order valence-electron chi connectivity index (χ3n) is 5.56. The molecule has 1 unspecified atom stereocenters. The molecule has 0 heterocycles. The highest BCUT2D eigenvalue weighted by molar-refractivity contribution is 5.34. The molecule has 1 aromatic carbocycles. The van der Waals surface area contributed by atoms with Crippen molar-refractivity contribution < 1.29 is 4.74 Å². The topological polar surface area (TPSA) is 35.2 Å². The zero-order valence-corrected chi connectivity index (χ0v) is 12.4. The fourth-order valence-corrected chi connectivity index (χ4v) is 3.51. The van der Waals surface area contributed by atoms with E-state index >= 15 is 0 Å². The van der Waals surface area contributed by atoms with Crippen molar-refractivity contribution >= 4 is 0 Å². The molecular weight excluding hydrogens is 234 g/mol. The number of hydrogen-bond acceptors (Lipinski definition) is 2. The summed E-state index contributed by atoms with van der Waals surface area (Å²) in [6, 6.07) is 8.47. The van der Waals surface area contributed by atoms with E-state index in [0.717, 1.165) is 5.75 Å². The van der Waals surface area contributed by atoms with Gasteiger partial charge in [-0.25, -0.2) is 0 Å². The molecule has 2 heteroatoms. The number of hydrogen-bond donors (Lipinski definition) is 1. The van der Waals surface area contributed by atoms with Crippen LogP contribution in [0.2, 0.25) is 0 Å². The quantitative estimate of drug-likeness (QED) is 0.889. The molecule has 0 aliphatic heterocycles. The summed E-state index contributed by atoms with van der Waals surface area (Å²) in [5.74, 6) is 1.52. The van der Waals surface area contributed by atoms with E-state index in [0.29, 0.717) is 22.9 Å². The third-order valence-corrected chi connectivity index (χ3v) is 5.56. The van der Waals surface area contributed by atoms with Gasteiger partial charge in [0, 0.05) is 6.04 Å². The first-order valence-corrected chi connectivity index (χ1v) is 7.36. The van der Waals surface area contributed by atoms with Gasteiger partial charge in [0.1, 0.15) is 5.75 Å². The summed E-state index contributed by atoms with van der Waals surface area (Å²) in [7, 11) is 0. The number of ether oxygens (including phenoxy) is 1. The average Bonchev–Trinajstić information content (AvgIpc) is 3.19. The summed E-state index contributed by atoms with van der Waals surface area (Å²) in [6.45, 7) is 9.29. The fourth-order valence-electron chi connectivity index (χ4n) is 3.51. The molecule has 0 bridgehead atoms. The maximum atomic E-state index is 6.51. The lowest BCUT2D eigenvalue weighted by atomic mass is 9.97. The molecule has 0 radical (unpaired) electrons.